The lowest BCUT2D eigenvalue weighted by molar-refractivity contribution is -0.427. The van der Waals surface area contributed by atoms with Gasteiger partial charge in [0.1, 0.15) is 0 Å². The molecule has 1 aromatic carbocycles. The number of nitrogens with zero attached hydrogens (tertiary/aromatic N) is 1. The fourth-order valence-electron chi connectivity index (χ4n) is 0.786. The van der Waals surface area contributed by atoms with Crippen LogP contribution in [0, 0.1) is 0 Å². The summed E-state index contributed by atoms with van der Waals surface area (Å²) in [5.74, 6) is 0. The van der Waals surface area contributed by atoms with Gasteiger partial charge in [0.05, 0.1) is 0 Å². The van der Waals surface area contributed by atoms with Crippen molar-refractivity contribution in [3.63, 3.8) is 0 Å². The first-order valence-corrected chi connectivity index (χ1v) is 2.72. The summed E-state index contributed by atoms with van der Waals surface area (Å²) in [5, 5.41) is 7.51. The molecule has 44 valence electrons. The second kappa shape index (κ2) is 1.55. The molecule has 0 aliphatic carbocycles. The fourth-order valence-corrected chi connectivity index (χ4v) is 0.786. The van der Waals surface area contributed by atoms with Gasteiger partial charge in [0.2, 0.25) is 5.52 Å². The molecule has 0 bridgehead atoms. The number of nitrogens with one attached hydrogen (secondary N) is 2. The van der Waals surface area contributed by atoms with Crippen LogP contribution < -0.4 is 5.09 Å². The van der Waals surface area contributed by atoms with Crippen molar-refractivity contribution in [3.8, 4) is 0 Å². The van der Waals surface area contributed by atoms with E-state index in [0.717, 1.165) is 16.1 Å². The topological polar surface area (TPSA) is 42.8 Å². The number of H-pyrrole nitrogens is 2. The summed E-state index contributed by atoms with van der Waals surface area (Å²) in [6.45, 7) is 0. The van der Waals surface area contributed by atoms with Crippen LogP contribution in [-0.2, 0) is 0 Å². The highest BCUT2D eigenvalue weighted by molar-refractivity contribution is 5.69. The van der Waals surface area contributed by atoms with Gasteiger partial charge in [0, 0.05) is 5.10 Å². The molecule has 0 fully saturated rings. The molecule has 0 saturated carbocycles. The molecule has 0 spiro atoms. The lowest BCUT2D eigenvalue weighted by Crippen LogP contribution is -2.00. The van der Waals surface area contributed by atoms with Gasteiger partial charge in [-0.3, -0.25) is 0 Å². The Balaban J connectivity index is 2.93. The Labute approximate surface area is 53.2 Å². The summed E-state index contributed by atoms with van der Waals surface area (Å²) >= 11 is 0. The zero-order valence-corrected chi connectivity index (χ0v) is 4.70. The van der Waals surface area contributed by atoms with Crippen LogP contribution in [-0.4, -0.2) is 10.3 Å². The third-order valence-electron chi connectivity index (χ3n) is 1.22. The molecule has 9 heavy (non-hydrogen) atoms. The summed E-state index contributed by atoms with van der Waals surface area (Å²) in [6.07, 6.45) is 0. The molecule has 1 heterocycles. The minimum Gasteiger partial charge on any atom is -0.169 e. The first-order valence-electron chi connectivity index (χ1n) is 3.17. The minimum atomic E-state index is 0.794. The van der Waals surface area contributed by atoms with Gasteiger partial charge < -0.3 is 0 Å². The number of fused-ring (bicyclic) bond motifs is 1. The summed E-state index contributed by atoms with van der Waals surface area (Å²) in [7, 11) is 0. The summed E-state index contributed by atoms with van der Waals surface area (Å²) < 4.78 is 7.24. The third-order valence-corrected chi connectivity index (χ3v) is 1.22. The third kappa shape index (κ3) is 0.579. The van der Waals surface area contributed by atoms with Crippen molar-refractivity contribution < 1.29 is 6.50 Å². The quantitative estimate of drug-likeness (QED) is 0.537. The van der Waals surface area contributed by atoms with Gasteiger partial charge in [-0.1, -0.05) is 17.3 Å². The Hall–Kier alpha value is -1.38. The summed E-state index contributed by atoms with van der Waals surface area (Å²) in [5.41, 5.74) is 1.61. The zero-order chi connectivity index (χ0) is 6.97. The molecule has 0 aliphatic rings. The number of hydrogen-bond donors (Lipinski definition) is 1. The predicted molar refractivity (Wildman–Crippen MR) is 32.6 cm³/mol. The second-order valence-electron chi connectivity index (χ2n) is 1.81. The van der Waals surface area contributed by atoms with E-state index in [4.69, 9.17) is 1.41 Å². The van der Waals surface area contributed by atoms with Crippen molar-refractivity contribution in [1.82, 2.24) is 10.3 Å². The number of aromatic amines is 2. The Morgan fingerprint density at radius 3 is 3.33 bits per heavy atom. The molecule has 0 aliphatic heterocycles. The SMILES string of the molecule is [2H][n+]1[nH]nc2ccccc21. The molecule has 0 unspecified atom stereocenters. The van der Waals surface area contributed by atoms with E-state index in [2.05, 4.69) is 10.3 Å². The molecule has 0 radical (unpaired) electrons. The van der Waals surface area contributed by atoms with Crippen LogP contribution in [0.5, 0.6) is 0 Å². The maximum absolute atomic E-state index is 7.24. The molecule has 2 aromatic rings. The molecule has 3 heteroatoms. The lowest BCUT2D eigenvalue weighted by Gasteiger charge is -1.72. The summed E-state index contributed by atoms with van der Waals surface area (Å²) in [4.78, 5) is 0. The maximum Gasteiger partial charge on any atom is 0.340 e. The molecule has 0 saturated heterocycles. The van der Waals surface area contributed by atoms with E-state index in [0.29, 0.717) is 0 Å². The van der Waals surface area contributed by atoms with Crippen LogP contribution in [0.25, 0.3) is 11.0 Å². The van der Waals surface area contributed by atoms with Gasteiger partial charge in [-0.2, -0.15) is 5.09 Å². The molecule has 1 aromatic heterocycles. The molecule has 0 atom stereocenters. The summed E-state index contributed by atoms with van der Waals surface area (Å²) in [6, 6.07) is 7.47. The fraction of sp³-hybridized carbons (Fsp3) is 0. The highest BCUT2D eigenvalue weighted by Crippen LogP contribution is 2.00. The van der Waals surface area contributed by atoms with Crippen molar-refractivity contribution >= 4 is 11.0 Å². The van der Waals surface area contributed by atoms with Crippen LogP contribution in [0.2, 0.25) is 1.41 Å². The van der Waals surface area contributed by atoms with Crippen LogP contribution in [0.3, 0.4) is 0 Å². The highest BCUT2D eigenvalue weighted by atomic mass is 15.3. The van der Waals surface area contributed by atoms with Gasteiger partial charge in [0.25, 0.3) is 0 Å². The Kier molecular flexibility index (Phi) is 0.621. The normalized spacial score (nSPS) is 11.8. The van der Waals surface area contributed by atoms with Gasteiger partial charge in [-0.25, -0.2) is 0 Å². The van der Waals surface area contributed by atoms with Crippen molar-refractivity contribution in [1.29, 1.82) is 0 Å². The maximum atomic E-state index is 7.24. The molecule has 2 N–H and O–H groups in total. The van der Waals surface area contributed by atoms with E-state index in [9.17, 15) is 0 Å². The van der Waals surface area contributed by atoms with E-state index in [1.54, 1.807) is 0 Å². The van der Waals surface area contributed by atoms with E-state index in [1.165, 1.54) is 0 Å². The number of aromatic nitrogens is 3. The number of benzene rings is 1. The molecule has 3 nitrogen and oxygen atoms in total. The smallest absolute Gasteiger partial charge is 0.169 e. The first-order chi connectivity index (χ1) is 4.88. The monoisotopic (exact) mass is 121 g/mol. The lowest BCUT2D eigenvalue weighted by atomic mass is 10.3. The molecular formula is C6H6N3+. The van der Waals surface area contributed by atoms with Gasteiger partial charge in [-0.15, -0.1) is 0 Å². The van der Waals surface area contributed by atoms with Crippen LogP contribution in [0.4, 0.5) is 0 Å². The largest absolute Gasteiger partial charge is 0.340 e. The van der Waals surface area contributed by atoms with Gasteiger partial charge in [0.15, 0.2) is 5.52 Å². The van der Waals surface area contributed by atoms with Crippen molar-refractivity contribution in [2.45, 2.75) is 0 Å². The Morgan fingerprint density at radius 1 is 1.56 bits per heavy atom. The highest BCUT2D eigenvalue weighted by Gasteiger charge is 1.99. The van der Waals surface area contributed by atoms with E-state index < -0.39 is 0 Å². The average Bonchev–Trinajstić information content (AvgIpc) is 2.34. The predicted octanol–water partition coefficient (Wildman–Crippen LogP) is 0.377. The molecule has 0 amide bonds. The van der Waals surface area contributed by atoms with Crippen LogP contribution >= 0.6 is 0 Å². The Morgan fingerprint density at radius 2 is 2.44 bits per heavy atom. The van der Waals surface area contributed by atoms with Crippen LogP contribution in [0.15, 0.2) is 24.3 Å². The van der Waals surface area contributed by atoms with E-state index in [-0.39, 0.29) is 0 Å². The van der Waals surface area contributed by atoms with Gasteiger partial charge in [-0.05, 0) is 12.1 Å². The zero-order valence-electron chi connectivity index (χ0n) is 5.70. The van der Waals surface area contributed by atoms with Crippen molar-refractivity contribution in [3.05, 3.63) is 24.3 Å². The van der Waals surface area contributed by atoms with Gasteiger partial charge >= 0.3 is 1.41 Å². The van der Waals surface area contributed by atoms with E-state index in [1.807, 2.05) is 24.3 Å². The second-order valence-corrected chi connectivity index (χ2v) is 1.81. The van der Waals surface area contributed by atoms with Crippen molar-refractivity contribution in [2.24, 2.45) is 0 Å². The van der Waals surface area contributed by atoms with Crippen LogP contribution in [0.1, 0.15) is 0 Å². The standard InChI is InChI=1S/C6H5N3/c1-2-4-6-5(3-1)7-9-8-6/h1-4H,(H,7,8,9)/p+1/i/hD. The van der Waals surface area contributed by atoms with E-state index >= 15 is 0 Å². The molecular weight excluding hydrogens is 114 g/mol. The number of rotatable bonds is 0. The molecule has 2 rings (SSSR count). The first kappa shape index (κ1) is 3.61. The Bertz CT molecular complexity index is 355. The number of para-hydroxylation sites is 2. The average molecular weight is 121 g/mol. The van der Waals surface area contributed by atoms with Crippen molar-refractivity contribution in [2.75, 3.05) is 0 Å². The minimum absolute atomic E-state index is 0.794. The number of hydrogen-bond acceptors (Lipinski definition) is 1.